The minimum atomic E-state index is -0.321. The van der Waals surface area contributed by atoms with Gasteiger partial charge < -0.3 is 14.7 Å². The first-order chi connectivity index (χ1) is 15.7. The lowest BCUT2D eigenvalue weighted by molar-refractivity contribution is 0.0390. The molecule has 1 unspecified atom stereocenters. The van der Waals surface area contributed by atoms with Gasteiger partial charge in [0.15, 0.2) is 6.10 Å². The number of amides is 1. The molecule has 2 aromatic heterocycles. The quantitative estimate of drug-likeness (QED) is 0.653. The molecular weight excluding hydrogens is 412 g/mol. The Balaban J connectivity index is 1.22. The summed E-state index contributed by atoms with van der Waals surface area (Å²) in [6.45, 7) is 0.412. The van der Waals surface area contributed by atoms with Gasteiger partial charge in [-0.15, -0.1) is 5.10 Å². The van der Waals surface area contributed by atoms with Crippen molar-refractivity contribution in [3.8, 4) is 11.1 Å². The van der Waals surface area contributed by atoms with E-state index in [9.17, 15) is 9.90 Å². The summed E-state index contributed by atoms with van der Waals surface area (Å²) in [6, 6.07) is 9.93. The van der Waals surface area contributed by atoms with E-state index in [-0.39, 0.29) is 30.9 Å². The van der Waals surface area contributed by atoms with E-state index in [1.165, 1.54) is 0 Å². The number of ether oxygens (including phenoxy) is 1. The smallest absolute Gasteiger partial charge is 0.415 e. The summed E-state index contributed by atoms with van der Waals surface area (Å²) in [5, 5.41) is 21.0. The second-order valence-corrected chi connectivity index (χ2v) is 8.12. The van der Waals surface area contributed by atoms with Crippen LogP contribution in [0.3, 0.4) is 0 Å². The fourth-order valence-electron chi connectivity index (χ4n) is 4.54. The van der Waals surface area contributed by atoms with Crippen LogP contribution in [0.4, 0.5) is 10.5 Å². The first kappa shape index (κ1) is 18.9. The average molecular weight is 432 g/mol. The zero-order valence-corrected chi connectivity index (χ0v) is 17.0. The molecule has 0 aliphatic carbocycles. The van der Waals surface area contributed by atoms with Crippen molar-refractivity contribution in [2.24, 2.45) is 5.16 Å². The molecule has 1 amide bonds. The zero-order valence-electron chi connectivity index (χ0n) is 17.0. The minimum absolute atomic E-state index is 0.0581. The highest BCUT2D eigenvalue weighted by molar-refractivity contribution is 6.00. The Labute approximate surface area is 183 Å². The van der Waals surface area contributed by atoms with Crippen molar-refractivity contribution in [2.45, 2.75) is 37.6 Å². The van der Waals surface area contributed by atoms with Gasteiger partial charge in [0, 0.05) is 24.4 Å². The van der Waals surface area contributed by atoms with Gasteiger partial charge in [-0.2, -0.15) is 0 Å². The Bertz CT molecular complexity index is 1190. The number of rotatable bonds is 5. The van der Waals surface area contributed by atoms with E-state index in [0.29, 0.717) is 13.0 Å². The summed E-state index contributed by atoms with van der Waals surface area (Å²) in [7, 11) is 0. The maximum atomic E-state index is 12.5. The third kappa shape index (κ3) is 3.11. The molecule has 162 valence electrons. The number of oxime groups is 1. The second-order valence-electron chi connectivity index (χ2n) is 8.12. The van der Waals surface area contributed by atoms with Crippen molar-refractivity contribution in [3.05, 3.63) is 60.2 Å². The van der Waals surface area contributed by atoms with Crippen molar-refractivity contribution in [3.63, 3.8) is 0 Å². The molecule has 6 rings (SSSR count). The third-order valence-electron chi connectivity index (χ3n) is 6.15. The topological polar surface area (TPSA) is 115 Å². The Morgan fingerprint density at radius 1 is 1.16 bits per heavy atom. The number of nitrogens with zero attached hydrogens (tertiary/aromatic N) is 6. The van der Waals surface area contributed by atoms with Crippen LogP contribution in [-0.4, -0.2) is 61.7 Å². The molecule has 1 saturated heterocycles. The van der Waals surface area contributed by atoms with Gasteiger partial charge in [-0.3, -0.25) is 9.88 Å². The number of cyclic esters (lactones) is 1. The van der Waals surface area contributed by atoms with Crippen LogP contribution in [0.5, 0.6) is 0 Å². The second kappa shape index (κ2) is 7.41. The molecule has 0 bridgehead atoms. The molecular formula is C22H20N6O4. The number of carbonyl (C=O) groups is 1. The van der Waals surface area contributed by atoms with Crippen LogP contribution in [0.15, 0.2) is 54.1 Å². The standard InChI is InChI=1S/C22H20N6O4/c29-12-16-9-18(25-32-16)17-3-1-14(10-23-17)13-2-4-19-15(7-13)8-20-21(31-22(30)28(19)20)11-27-6-5-24-26-27/h1-7,10,16,20-21,29H,8-9,11-12H2/t16?,20-,21-/m0/s1. The molecule has 3 atom stereocenters. The van der Waals surface area contributed by atoms with E-state index in [4.69, 9.17) is 9.57 Å². The lowest BCUT2D eigenvalue weighted by Crippen LogP contribution is -2.35. The molecule has 10 nitrogen and oxygen atoms in total. The Hall–Kier alpha value is -3.79. The van der Waals surface area contributed by atoms with Crippen LogP contribution >= 0.6 is 0 Å². The monoisotopic (exact) mass is 432 g/mol. The van der Waals surface area contributed by atoms with Gasteiger partial charge in [0.25, 0.3) is 0 Å². The predicted molar refractivity (Wildman–Crippen MR) is 113 cm³/mol. The number of anilines is 1. The number of pyridine rings is 1. The van der Waals surface area contributed by atoms with E-state index in [0.717, 1.165) is 40.2 Å². The first-order valence-electron chi connectivity index (χ1n) is 10.5. The summed E-state index contributed by atoms with van der Waals surface area (Å²) < 4.78 is 7.29. The van der Waals surface area contributed by atoms with Crippen LogP contribution in [0, 0.1) is 0 Å². The molecule has 0 saturated carbocycles. The summed E-state index contributed by atoms with van der Waals surface area (Å²) in [4.78, 5) is 24.0. The van der Waals surface area contributed by atoms with Gasteiger partial charge in [0.2, 0.25) is 0 Å². The fourth-order valence-corrected chi connectivity index (χ4v) is 4.54. The molecule has 0 spiro atoms. The van der Waals surface area contributed by atoms with E-state index < -0.39 is 0 Å². The molecule has 10 heteroatoms. The highest BCUT2D eigenvalue weighted by atomic mass is 16.6. The van der Waals surface area contributed by atoms with Gasteiger partial charge in [-0.25, -0.2) is 9.48 Å². The van der Waals surface area contributed by atoms with Crippen molar-refractivity contribution >= 4 is 17.5 Å². The number of carbonyl (C=O) groups excluding carboxylic acids is 1. The first-order valence-corrected chi connectivity index (χ1v) is 10.5. The molecule has 5 heterocycles. The van der Waals surface area contributed by atoms with Crippen LogP contribution in [-0.2, 0) is 22.5 Å². The summed E-state index contributed by atoms with van der Waals surface area (Å²) in [6.07, 6.45) is 5.56. The van der Waals surface area contributed by atoms with Crippen LogP contribution in [0.25, 0.3) is 11.1 Å². The maximum absolute atomic E-state index is 12.5. The molecule has 1 N–H and O–H groups in total. The van der Waals surface area contributed by atoms with E-state index in [1.54, 1.807) is 22.0 Å². The van der Waals surface area contributed by atoms with Crippen molar-refractivity contribution < 1.29 is 19.5 Å². The largest absolute Gasteiger partial charge is 0.442 e. The van der Waals surface area contributed by atoms with Crippen LogP contribution in [0.1, 0.15) is 17.7 Å². The lowest BCUT2D eigenvalue weighted by atomic mass is 10.00. The zero-order chi connectivity index (χ0) is 21.7. The number of hydrogen-bond acceptors (Lipinski definition) is 8. The molecule has 0 radical (unpaired) electrons. The minimum Gasteiger partial charge on any atom is -0.442 e. The lowest BCUT2D eigenvalue weighted by Gasteiger charge is -2.16. The van der Waals surface area contributed by atoms with Crippen molar-refractivity contribution in [1.29, 1.82) is 0 Å². The van der Waals surface area contributed by atoms with Crippen molar-refractivity contribution in [2.75, 3.05) is 11.5 Å². The highest BCUT2D eigenvalue weighted by Gasteiger charge is 2.47. The molecule has 3 aliphatic heterocycles. The molecule has 32 heavy (non-hydrogen) atoms. The molecule has 3 aromatic rings. The van der Waals surface area contributed by atoms with Crippen LogP contribution < -0.4 is 4.90 Å². The summed E-state index contributed by atoms with van der Waals surface area (Å²) in [5.41, 5.74) is 5.48. The van der Waals surface area contributed by atoms with Gasteiger partial charge in [-0.1, -0.05) is 22.5 Å². The van der Waals surface area contributed by atoms with Gasteiger partial charge in [0.1, 0.15) is 11.8 Å². The molecule has 1 fully saturated rings. The van der Waals surface area contributed by atoms with Gasteiger partial charge in [-0.05, 0) is 35.7 Å². The maximum Gasteiger partial charge on any atom is 0.415 e. The summed E-state index contributed by atoms with van der Waals surface area (Å²) in [5.74, 6) is 0. The number of aromatic nitrogens is 4. The average Bonchev–Trinajstić information content (AvgIpc) is 3.60. The van der Waals surface area contributed by atoms with Crippen LogP contribution in [0.2, 0.25) is 0 Å². The predicted octanol–water partition coefficient (Wildman–Crippen LogP) is 1.78. The van der Waals surface area contributed by atoms with E-state index in [1.807, 2.05) is 30.5 Å². The normalized spacial score (nSPS) is 23.5. The SMILES string of the molecule is O=C1O[C@@H](Cn2ccnn2)[C@@H]2Cc3cc(-c4ccc(C5=NOC(CO)C5)nc4)ccc3N12. The Morgan fingerprint density at radius 2 is 2.06 bits per heavy atom. The number of fused-ring (bicyclic) bond motifs is 3. The summed E-state index contributed by atoms with van der Waals surface area (Å²) >= 11 is 0. The molecule has 1 aromatic carbocycles. The number of hydrogen-bond donors (Lipinski definition) is 1. The van der Waals surface area contributed by atoms with E-state index in [2.05, 4.69) is 26.5 Å². The van der Waals surface area contributed by atoms with Gasteiger partial charge in [0.05, 0.1) is 36.8 Å². The van der Waals surface area contributed by atoms with Crippen molar-refractivity contribution in [1.82, 2.24) is 20.0 Å². The Kier molecular flexibility index (Phi) is 4.39. The fraction of sp³-hybridized carbons (Fsp3) is 0.318. The number of aliphatic hydroxyl groups excluding tert-OH is 1. The van der Waals surface area contributed by atoms with Gasteiger partial charge >= 0.3 is 6.09 Å². The Morgan fingerprint density at radius 3 is 2.81 bits per heavy atom. The number of aliphatic hydroxyl groups is 1. The molecule has 3 aliphatic rings. The third-order valence-corrected chi connectivity index (χ3v) is 6.15. The highest BCUT2D eigenvalue weighted by Crippen LogP contribution is 2.40. The van der Waals surface area contributed by atoms with E-state index >= 15 is 0 Å². The number of benzene rings is 1.